The van der Waals surface area contributed by atoms with Crippen molar-refractivity contribution in [1.82, 2.24) is 5.32 Å². The minimum absolute atomic E-state index is 0.261. The van der Waals surface area contributed by atoms with Crippen molar-refractivity contribution >= 4 is 23.2 Å². The molecule has 0 aromatic heterocycles. The van der Waals surface area contributed by atoms with E-state index in [0.29, 0.717) is 15.8 Å². The highest BCUT2D eigenvalue weighted by atomic mass is 35.5. The van der Waals surface area contributed by atoms with Gasteiger partial charge in [0.1, 0.15) is 11.5 Å². The van der Waals surface area contributed by atoms with Crippen LogP contribution < -0.4 is 10.1 Å². The first-order valence-corrected chi connectivity index (χ1v) is 7.86. The van der Waals surface area contributed by atoms with E-state index in [1.54, 1.807) is 18.2 Å². The van der Waals surface area contributed by atoms with Gasteiger partial charge in [-0.3, -0.25) is 0 Å². The summed E-state index contributed by atoms with van der Waals surface area (Å²) in [7, 11) is 0. The maximum atomic E-state index is 6.18. The van der Waals surface area contributed by atoms with E-state index in [1.165, 1.54) is 0 Å². The molecule has 0 aliphatic carbocycles. The Hall–Kier alpha value is -1.22. The van der Waals surface area contributed by atoms with Crippen molar-refractivity contribution in [3.05, 3.63) is 58.1 Å². The van der Waals surface area contributed by atoms with E-state index in [-0.39, 0.29) is 6.04 Å². The van der Waals surface area contributed by atoms with Crippen LogP contribution in [0.3, 0.4) is 0 Å². The van der Waals surface area contributed by atoms with Crippen LogP contribution in [0.2, 0.25) is 10.0 Å². The quantitative estimate of drug-likeness (QED) is 0.720. The molecule has 1 N–H and O–H groups in total. The minimum Gasteiger partial charge on any atom is -0.455 e. The van der Waals surface area contributed by atoms with E-state index < -0.39 is 0 Å². The summed E-state index contributed by atoms with van der Waals surface area (Å²) in [6, 6.07) is 13.5. The van der Waals surface area contributed by atoms with Gasteiger partial charge in [0.15, 0.2) is 0 Å². The number of halogens is 2. The summed E-state index contributed by atoms with van der Waals surface area (Å²) in [5, 5.41) is 4.57. The summed E-state index contributed by atoms with van der Waals surface area (Å²) in [4.78, 5) is 0. The lowest BCUT2D eigenvalue weighted by atomic mass is 10.0. The molecule has 0 aliphatic rings. The van der Waals surface area contributed by atoms with Gasteiger partial charge in [-0.05, 0) is 37.2 Å². The zero-order valence-corrected chi connectivity index (χ0v) is 13.7. The average molecular weight is 324 g/mol. The summed E-state index contributed by atoms with van der Waals surface area (Å²) in [5.41, 5.74) is 1.13. The zero-order valence-electron chi connectivity index (χ0n) is 12.2. The predicted octanol–water partition coefficient (Wildman–Crippen LogP) is 5.85. The van der Waals surface area contributed by atoms with Gasteiger partial charge in [-0.1, -0.05) is 55.2 Å². The van der Waals surface area contributed by atoms with Crippen LogP contribution in [0.15, 0.2) is 42.5 Å². The Morgan fingerprint density at radius 2 is 1.81 bits per heavy atom. The molecule has 0 radical (unpaired) electrons. The monoisotopic (exact) mass is 323 g/mol. The van der Waals surface area contributed by atoms with Crippen LogP contribution in [0.25, 0.3) is 0 Å². The number of para-hydroxylation sites is 1. The van der Waals surface area contributed by atoms with Gasteiger partial charge in [-0.2, -0.15) is 0 Å². The SMILES string of the molecule is CCNC(CC)c1ccccc1Oc1ccc(Cl)cc1Cl. The van der Waals surface area contributed by atoms with E-state index >= 15 is 0 Å². The molecule has 2 aromatic carbocycles. The standard InChI is InChI=1S/C17H19Cl2NO/c1-3-15(20-4-2)13-7-5-6-8-16(13)21-17-10-9-12(18)11-14(17)19/h5-11,15,20H,3-4H2,1-2H3. The molecule has 112 valence electrons. The summed E-state index contributed by atoms with van der Waals surface area (Å²) in [6.45, 7) is 5.16. The van der Waals surface area contributed by atoms with Gasteiger partial charge in [0.25, 0.3) is 0 Å². The molecule has 1 atom stereocenters. The fraction of sp³-hybridized carbons (Fsp3) is 0.294. The van der Waals surface area contributed by atoms with Crippen LogP contribution in [0.4, 0.5) is 0 Å². The second kappa shape index (κ2) is 7.69. The highest BCUT2D eigenvalue weighted by Crippen LogP contribution is 2.35. The Bertz CT molecular complexity index is 601. The van der Waals surface area contributed by atoms with E-state index in [4.69, 9.17) is 27.9 Å². The molecular formula is C17H19Cl2NO. The molecule has 0 saturated carbocycles. The molecule has 21 heavy (non-hydrogen) atoms. The Balaban J connectivity index is 2.31. The van der Waals surface area contributed by atoms with Crippen molar-refractivity contribution in [1.29, 1.82) is 0 Å². The normalized spacial score (nSPS) is 12.2. The highest BCUT2D eigenvalue weighted by Gasteiger charge is 2.14. The van der Waals surface area contributed by atoms with E-state index in [0.717, 1.165) is 24.3 Å². The number of hydrogen-bond donors (Lipinski definition) is 1. The molecule has 0 saturated heterocycles. The second-order valence-electron chi connectivity index (χ2n) is 4.73. The molecule has 0 amide bonds. The van der Waals surface area contributed by atoms with Crippen molar-refractivity contribution in [2.75, 3.05) is 6.54 Å². The summed E-state index contributed by atoms with van der Waals surface area (Å²) >= 11 is 12.1. The lowest BCUT2D eigenvalue weighted by Crippen LogP contribution is -2.20. The third-order valence-electron chi connectivity index (χ3n) is 3.27. The number of hydrogen-bond acceptors (Lipinski definition) is 2. The van der Waals surface area contributed by atoms with Crippen LogP contribution in [-0.2, 0) is 0 Å². The van der Waals surface area contributed by atoms with Gasteiger partial charge in [0.05, 0.1) is 5.02 Å². The van der Waals surface area contributed by atoms with E-state index in [9.17, 15) is 0 Å². The second-order valence-corrected chi connectivity index (χ2v) is 5.58. The van der Waals surface area contributed by atoms with Crippen molar-refractivity contribution < 1.29 is 4.74 Å². The van der Waals surface area contributed by atoms with E-state index in [2.05, 4.69) is 25.2 Å². The van der Waals surface area contributed by atoms with Crippen LogP contribution >= 0.6 is 23.2 Å². The third-order valence-corrected chi connectivity index (χ3v) is 3.80. The van der Waals surface area contributed by atoms with Gasteiger partial charge in [0, 0.05) is 16.6 Å². The lowest BCUT2D eigenvalue weighted by Gasteiger charge is -2.20. The molecule has 0 fully saturated rings. The van der Waals surface area contributed by atoms with Gasteiger partial charge in [-0.25, -0.2) is 0 Å². The zero-order chi connectivity index (χ0) is 15.2. The Morgan fingerprint density at radius 1 is 1.05 bits per heavy atom. The van der Waals surface area contributed by atoms with Crippen molar-refractivity contribution in [3.8, 4) is 11.5 Å². The molecule has 2 aromatic rings. The smallest absolute Gasteiger partial charge is 0.146 e. The van der Waals surface area contributed by atoms with Gasteiger partial charge in [0.2, 0.25) is 0 Å². The third kappa shape index (κ3) is 4.13. The number of nitrogens with one attached hydrogen (secondary N) is 1. The first-order chi connectivity index (χ1) is 10.2. The number of ether oxygens (including phenoxy) is 1. The van der Waals surface area contributed by atoms with Crippen molar-refractivity contribution in [2.24, 2.45) is 0 Å². The van der Waals surface area contributed by atoms with Crippen LogP contribution in [0, 0.1) is 0 Å². The molecule has 2 rings (SSSR count). The molecule has 0 spiro atoms. The summed E-state index contributed by atoms with van der Waals surface area (Å²) < 4.78 is 5.99. The minimum atomic E-state index is 0.261. The number of rotatable bonds is 6. The molecule has 1 unspecified atom stereocenters. The first-order valence-electron chi connectivity index (χ1n) is 7.10. The maximum Gasteiger partial charge on any atom is 0.146 e. The summed E-state index contributed by atoms with van der Waals surface area (Å²) in [6.07, 6.45) is 0.989. The average Bonchev–Trinajstić information content (AvgIpc) is 2.48. The molecule has 0 aliphatic heterocycles. The molecule has 0 bridgehead atoms. The molecular weight excluding hydrogens is 305 g/mol. The fourth-order valence-corrected chi connectivity index (χ4v) is 2.71. The largest absolute Gasteiger partial charge is 0.455 e. The predicted molar refractivity (Wildman–Crippen MR) is 89.7 cm³/mol. The molecule has 2 nitrogen and oxygen atoms in total. The summed E-state index contributed by atoms with van der Waals surface area (Å²) in [5.74, 6) is 1.43. The Morgan fingerprint density at radius 3 is 2.48 bits per heavy atom. The van der Waals surface area contributed by atoms with Gasteiger partial charge < -0.3 is 10.1 Å². The Labute approximate surface area is 136 Å². The lowest BCUT2D eigenvalue weighted by molar-refractivity contribution is 0.453. The van der Waals surface area contributed by atoms with Gasteiger partial charge in [-0.15, -0.1) is 0 Å². The topological polar surface area (TPSA) is 21.3 Å². The number of benzene rings is 2. The van der Waals surface area contributed by atoms with Crippen LogP contribution in [-0.4, -0.2) is 6.54 Å². The first kappa shape index (κ1) is 16.2. The fourth-order valence-electron chi connectivity index (χ4n) is 2.26. The van der Waals surface area contributed by atoms with Crippen LogP contribution in [0.1, 0.15) is 31.9 Å². The molecule has 0 heterocycles. The highest BCUT2D eigenvalue weighted by molar-refractivity contribution is 6.35. The Kier molecular flexibility index (Phi) is 5.92. The maximum absolute atomic E-state index is 6.18. The molecule has 4 heteroatoms. The van der Waals surface area contributed by atoms with Crippen molar-refractivity contribution in [2.45, 2.75) is 26.3 Å². The van der Waals surface area contributed by atoms with Gasteiger partial charge >= 0.3 is 0 Å². The van der Waals surface area contributed by atoms with E-state index in [1.807, 2.05) is 18.2 Å². The van der Waals surface area contributed by atoms with Crippen molar-refractivity contribution in [3.63, 3.8) is 0 Å². The van der Waals surface area contributed by atoms with Crippen LogP contribution in [0.5, 0.6) is 11.5 Å².